The predicted octanol–water partition coefficient (Wildman–Crippen LogP) is 1.88. The number of aliphatic hydroxyl groups is 1. The second kappa shape index (κ2) is 6.58. The van der Waals surface area contributed by atoms with E-state index in [0.717, 1.165) is 18.5 Å². The van der Waals surface area contributed by atoms with Crippen molar-refractivity contribution >= 4 is 5.91 Å². The van der Waals surface area contributed by atoms with Crippen LogP contribution in [0.1, 0.15) is 32.8 Å². The summed E-state index contributed by atoms with van der Waals surface area (Å²) in [6.07, 6.45) is 0.732. The zero-order valence-electron chi connectivity index (χ0n) is 13.2. The third kappa shape index (κ3) is 4.05. The first-order chi connectivity index (χ1) is 9.93. The molecule has 1 aliphatic rings. The summed E-state index contributed by atoms with van der Waals surface area (Å²) in [4.78, 5) is 16.6. The molecule has 4 heteroatoms. The summed E-state index contributed by atoms with van der Waals surface area (Å²) in [5, 5.41) is 10.1. The summed E-state index contributed by atoms with van der Waals surface area (Å²) >= 11 is 0. The van der Waals surface area contributed by atoms with E-state index in [1.807, 2.05) is 56.0 Å². The molecule has 2 rings (SSSR count). The largest absolute Gasteiger partial charge is 0.389 e. The summed E-state index contributed by atoms with van der Waals surface area (Å²) in [5.74, 6) is 0.138. The van der Waals surface area contributed by atoms with Gasteiger partial charge in [0.05, 0.1) is 11.6 Å². The van der Waals surface area contributed by atoms with Crippen molar-refractivity contribution in [2.45, 2.75) is 45.4 Å². The average molecular weight is 290 g/mol. The van der Waals surface area contributed by atoms with Gasteiger partial charge >= 0.3 is 0 Å². The number of rotatable bonds is 5. The SMILES string of the molecule is CCN(Cc1ccccc1)C(=O)[C@H](C)N1CC[C@](C)(O)C1. The van der Waals surface area contributed by atoms with Crippen molar-refractivity contribution in [3.8, 4) is 0 Å². The zero-order valence-corrected chi connectivity index (χ0v) is 13.2. The van der Waals surface area contributed by atoms with Crippen LogP contribution in [-0.2, 0) is 11.3 Å². The van der Waals surface area contributed by atoms with Crippen molar-refractivity contribution < 1.29 is 9.90 Å². The van der Waals surface area contributed by atoms with Crippen LogP contribution in [0.25, 0.3) is 0 Å². The minimum absolute atomic E-state index is 0.138. The second-order valence-corrected chi connectivity index (χ2v) is 6.23. The summed E-state index contributed by atoms with van der Waals surface area (Å²) in [6, 6.07) is 9.88. The van der Waals surface area contributed by atoms with Gasteiger partial charge in [-0.15, -0.1) is 0 Å². The highest BCUT2D eigenvalue weighted by Crippen LogP contribution is 2.23. The number of likely N-dealkylation sites (N-methyl/N-ethyl adjacent to an activating group) is 1. The van der Waals surface area contributed by atoms with E-state index < -0.39 is 5.60 Å². The van der Waals surface area contributed by atoms with Crippen LogP contribution in [0, 0.1) is 0 Å². The molecule has 0 bridgehead atoms. The molecule has 2 atom stereocenters. The molecule has 116 valence electrons. The molecule has 0 spiro atoms. The van der Waals surface area contributed by atoms with Crippen LogP contribution in [0.2, 0.25) is 0 Å². The first kappa shape index (κ1) is 16.0. The monoisotopic (exact) mass is 290 g/mol. The van der Waals surface area contributed by atoms with Gasteiger partial charge in [-0.05, 0) is 32.8 Å². The Morgan fingerprint density at radius 2 is 2.10 bits per heavy atom. The maximum Gasteiger partial charge on any atom is 0.239 e. The molecule has 0 aromatic heterocycles. The average Bonchev–Trinajstić information content (AvgIpc) is 2.84. The topological polar surface area (TPSA) is 43.8 Å². The first-order valence-corrected chi connectivity index (χ1v) is 7.72. The normalized spacial score (nSPS) is 24.0. The van der Waals surface area contributed by atoms with Gasteiger partial charge in [-0.25, -0.2) is 0 Å². The molecule has 0 unspecified atom stereocenters. The number of hydrogen-bond donors (Lipinski definition) is 1. The molecule has 1 fully saturated rings. The maximum absolute atomic E-state index is 12.7. The van der Waals surface area contributed by atoms with Crippen LogP contribution in [0.15, 0.2) is 30.3 Å². The van der Waals surface area contributed by atoms with E-state index in [0.29, 0.717) is 19.6 Å². The van der Waals surface area contributed by atoms with E-state index in [4.69, 9.17) is 0 Å². The number of benzene rings is 1. The molecule has 1 saturated heterocycles. The number of β-amino-alcohol motifs (C(OH)–C–C–N with tert-alkyl or cyclic N) is 1. The molecular formula is C17H26N2O2. The smallest absolute Gasteiger partial charge is 0.239 e. The van der Waals surface area contributed by atoms with Gasteiger partial charge in [-0.1, -0.05) is 30.3 Å². The van der Waals surface area contributed by atoms with Gasteiger partial charge in [0.15, 0.2) is 0 Å². The number of carbonyl (C=O) groups is 1. The molecule has 4 nitrogen and oxygen atoms in total. The molecule has 21 heavy (non-hydrogen) atoms. The van der Waals surface area contributed by atoms with Crippen molar-refractivity contribution in [2.75, 3.05) is 19.6 Å². The lowest BCUT2D eigenvalue weighted by atomic mass is 10.1. The Morgan fingerprint density at radius 1 is 1.43 bits per heavy atom. The number of nitrogens with zero attached hydrogens (tertiary/aromatic N) is 2. The third-order valence-electron chi connectivity index (χ3n) is 4.30. The van der Waals surface area contributed by atoms with Crippen LogP contribution in [0.4, 0.5) is 0 Å². The van der Waals surface area contributed by atoms with Gasteiger partial charge in [0.2, 0.25) is 5.91 Å². The molecule has 1 N–H and O–H groups in total. The molecule has 1 amide bonds. The Bertz CT molecular complexity index is 473. The number of carbonyl (C=O) groups excluding carboxylic acids is 1. The van der Waals surface area contributed by atoms with Crippen LogP contribution in [-0.4, -0.2) is 52.1 Å². The summed E-state index contributed by atoms with van der Waals surface area (Å²) in [6.45, 7) is 8.48. The van der Waals surface area contributed by atoms with Gasteiger partial charge in [-0.2, -0.15) is 0 Å². The first-order valence-electron chi connectivity index (χ1n) is 7.72. The quantitative estimate of drug-likeness (QED) is 0.900. The molecule has 0 radical (unpaired) electrons. The van der Waals surface area contributed by atoms with E-state index in [9.17, 15) is 9.90 Å². The van der Waals surface area contributed by atoms with Gasteiger partial charge < -0.3 is 10.0 Å². The summed E-state index contributed by atoms with van der Waals surface area (Å²) < 4.78 is 0. The standard InChI is InChI=1S/C17H26N2O2/c1-4-18(12-15-8-6-5-7-9-15)16(20)14(2)19-11-10-17(3,21)13-19/h5-9,14,21H,4,10-13H2,1-3H3/t14-,17-/m0/s1. The second-order valence-electron chi connectivity index (χ2n) is 6.23. The van der Waals surface area contributed by atoms with Crippen LogP contribution < -0.4 is 0 Å². The molecule has 1 aromatic carbocycles. The molecule has 1 heterocycles. The number of amides is 1. The lowest BCUT2D eigenvalue weighted by molar-refractivity contribution is -0.136. The van der Waals surface area contributed by atoms with Crippen molar-refractivity contribution in [3.05, 3.63) is 35.9 Å². The van der Waals surface area contributed by atoms with Crippen molar-refractivity contribution in [3.63, 3.8) is 0 Å². The molecule has 0 aliphatic carbocycles. The van der Waals surface area contributed by atoms with Crippen LogP contribution in [0.3, 0.4) is 0 Å². The van der Waals surface area contributed by atoms with E-state index in [1.165, 1.54) is 0 Å². The zero-order chi connectivity index (χ0) is 15.5. The lowest BCUT2D eigenvalue weighted by Crippen LogP contribution is -2.47. The molecule has 1 aromatic rings. The Morgan fingerprint density at radius 3 is 2.62 bits per heavy atom. The minimum atomic E-state index is -0.662. The summed E-state index contributed by atoms with van der Waals surface area (Å²) in [7, 11) is 0. The minimum Gasteiger partial charge on any atom is -0.389 e. The number of likely N-dealkylation sites (tertiary alicyclic amines) is 1. The lowest BCUT2D eigenvalue weighted by Gasteiger charge is -2.30. The van der Waals surface area contributed by atoms with Gasteiger partial charge in [-0.3, -0.25) is 9.69 Å². The summed E-state index contributed by atoms with van der Waals surface area (Å²) in [5.41, 5.74) is 0.485. The molecule has 1 aliphatic heterocycles. The molecular weight excluding hydrogens is 264 g/mol. The Balaban J connectivity index is 1.99. The van der Waals surface area contributed by atoms with E-state index in [1.54, 1.807) is 0 Å². The van der Waals surface area contributed by atoms with Crippen molar-refractivity contribution in [1.29, 1.82) is 0 Å². The molecule has 0 saturated carbocycles. The maximum atomic E-state index is 12.7. The Labute approximate surface area is 127 Å². The fourth-order valence-electron chi connectivity index (χ4n) is 2.88. The van der Waals surface area contributed by atoms with Crippen molar-refractivity contribution in [1.82, 2.24) is 9.80 Å². The highest BCUT2D eigenvalue weighted by atomic mass is 16.3. The van der Waals surface area contributed by atoms with Crippen LogP contribution in [0.5, 0.6) is 0 Å². The van der Waals surface area contributed by atoms with Gasteiger partial charge in [0.1, 0.15) is 0 Å². The van der Waals surface area contributed by atoms with E-state index >= 15 is 0 Å². The Hall–Kier alpha value is -1.39. The predicted molar refractivity (Wildman–Crippen MR) is 83.8 cm³/mol. The van der Waals surface area contributed by atoms with Crippen LogP contribution >= 0.6 is 0 Å². The number of hydrogen-bond acceptors (Lipinski definition) is 3. The highest BCUT2D eigenvalue weighted by Gasteiger charge is 2.36. The van der Waals surface area contributed by atoms with Crippen molar-refractivity contribution in [2.24, 2.45) is 0 Å². The fraction of sp³-hybridized carbons (Fsp3) is 0.588. The van der Waals surface area contributed by atoms with E-state index in [2.05, 4.69) is 4.90 Å². The fourth-order valence-corrected chi connectivity index (χ4v) is 2.88. The Kier molecular flexibility index (Phi) is 5.01. The van der Waals surface area contributed by atoms with E-state index in [-0.39, 0.29) is 11.9 Å². The highest BCUT2D eigenvalue weighted by molar-refractivity contribution is 5.81. The van der Waals surface area contributed by atoms with Gasteiger partial charge in [0, 0.05) is 26.2 Å². The third-order valence-corrected chi connectivity index (χ3v) is 4.30. The van der Waals surface area contributed by atoms with Gasteiger partial charge in [0.25, 0.3) is 0 Å².